The largest absolute Gasteiger partial charge is 0.294 e. The van der Waals surface area contributed by atoms with Crippen molar-refractivity contribution in [2.45, 2.75) is 51.5 Å². The van der Waals surface area contributed by atoms with E-state index < -0.39 is 0 Å². The molecule has 1 aliphatic carbocycles. The Morgan fingerprint density at radius 3 is 2.63 bits per heavy atom. The lowest BCUT2D eigenvalue weighted by atomic mass is 9.96. The first-order valence-corrected chi connectivity index (χ1v) is 7.59. The Bertz CT molecular complexity index is 399. The standard InChI is InChI=1S/C18H25N/c1-16(15-19-18-13-6-3-7-14-18)9-8-12-17-10-4-2-5-11-17/h2,4-5,8,10-12,15-16,18H,3,6-7,9,13-14H2,1H3/b12-8+,19-15?. The Morgan fingerprint density at radius 2 is 1.89 bits per heavy atom. The van der Waals surface area contributed by atoms with Gasteiger partial charge in [0.2, 0.25) is 0 Å². The van der Waals surface area contributed by atoms with Crippen molar-refractivity contribution in [1.29, 1.82) is 0 Å². The molecule has 102 valence electrons. The summed E-state index contributed by atoms with van der Waals surface area (Å²) in [6.45, 7) is 2.25. The van der Waals surface area contributed by atoms with Crippen LogP contribution in [-0.2, 0) is 0 Å². The lowest BCUT2D eigenvalue weighted by Gasteiger charge is -2.17. The van der Waals surface area contributed by atoms with Gasteiger partial charge in [-0.2, -0.15) is 0 Å². The fourth-order valence-electron chi connectivity index (χ4n) is 2.54. The lowest BCUT2D eigenvalue weighted by Crippen LogP contribution is -2.10. The van der Waals surface area contributed by atoms with Crippen LogP contribution >= 0.6 is 0 Å². The van der Waals surface area contributed by atoms with Crippen LogP contribution in [0, 0.1) is 5.92 Å². The minimum atomic E-state index is 0.543. The number of nitrogens with zero attached hydrogens (tertiary/aromatic N) is 1. The molecule has 0 N–H and O–H groups in total. The molecule has 0 spiro atoms. The molecular formula is C18H25N. The van der Waals surface area contributed by atoms with Gasteiger partial charge in [-0.3, -0.25) is 4.99 Å². The van der Waals surface area contributed by atoms with E-state index >= 15 is 0 Å². The summed E-state index contributed by atoms with van der Waals surface area (Å²) in [6.07, 6.45) is 14.4. The Balaban J connectivity index is 1.73. The van der Waals surface area contributed by atoms with Crippen molar-refractivity contribution >= 4 is 12.3 Å². The van der Waals surface area contributed by atoms with Crippen LogP contribution in [0.15, 0.2) is 41.4 Å². The molecule has 1 heteroatoms. The van der Waals surface area contributed by atoms with Gasteiger partial charge in [-0.05, 0) is 30.7 Å². The van der Waals surface area contributed by atoms with Crippen LogP contribution < -0.4 is 0 Å². The Hall–Kier alpha value is -1.37. The van der Waals surface area contributed by atoms with Gasteiger partial charge >= 0.3 is 0 Å². The topological polar surface area (TPSA) is 12.4 Å². The maximum absolute atomic E-state index is 4.75. The molecule has 0 radical (unpaired) electrons. The number of aliphatic imine (C=N–C) groups is 1. The monoisotopic (exact) mass is 255 g/mol. The minimum absolute atomic E-state index is 0.543. The highest BCUT2D eigenvalue weighted by atomic mass is 14.8. The van der Waals surface area contributed by atoms with Crippen molar-refractivity contribution in [3.8, 4) is 0 Å². The van der Waals surface area contributed by atoms with Gasteiger partial charge in [0.1, 0.15) is 0 Å². The Kier molecular flexibility index (Phi) is 5.87. The van der Waals surface area contributed by atoms with Crippen LogP contribution in [0.25, 0.3) is 6.08 Å². The SMILES string of the molecule is CC(C=NC1CCCCC1)C/C=C/c1ccccc1. The third-order valence-corrected chi connectivity index (χ3v) is 3.74. The highest BCUT2D eigenvalue weighted by Gasteiger charge is 2.10. The van der Waals surface area contributed by atoms with E-state index in [1.165, 1.54) is 37.7 Å². The molecule has 1 fully saturated rings. The van der Waals surface area contributed by atoms with Gasteiger partial charge in [-0.15, -0.1) is 0 Å². The third-order valence-electron chi connectivity index (χ3n) is 3.74. The molecule has 1 nitrogen and oxygen atoms in total. The average molecular weight is 255 g/mol. The molecule has 1 atom stereocenters. The van der Waals surface area contributed by atoms with Crippen molar-refractivity contribution in [3.05, 3.63) is 42.0 Å². The first-order chi connectivity index (χ1) is 9.34. The van der Waals surface area contributed by atoms with E-state index in [9.17, 15) is 0 Å². The fourth-order valence-corrected chi connectivity index (χ4v) is 2.54. The van der Waals surface area contributed by atoms with E-state index in [1.54, 1.807) is 0 Å². The van der Waals surface area contributed by atoms with Crippen molar-refractivity contribution < 1.29 is 0 Å². The molecule has 19 heavy (non-hydrogen) atoms. The zero-order valence-corrected chi connectivity index (χ0v) is 12.0. The Morgan fingerprint density at radius 1 is 1.16 bits per heavy atom. The van der Waals surface area contributed by atoms with E-state index in [-0.39, 0.29) is 0 Å². The molecule has 0 aliphatic heterocycles. The molecule has 0 aromatic heterocycles. The smallest absolute Gasteiger partial charge is 0.0495 e. The van der Waals surface area contributed by atoms with E-state index in [0.29, 0.717) is 12.0 Å². The summed E-state index contributed by atoms with van der Waals surface area (Å²) in [6, 6.07) is 11.1. The second-order valence-electron chi connectivity index (χ2n) is 5.62. The third kappa shape index (κ3) is 5.42. The lowest BCUT2D eigenvalue weighted by molar-refractivity contribution is 0.443. The van der Waals surface area contributed by atoms with Gasteiger partial charge in [0.15, 0.2) is 0 Å². The molecule has 0 amide bonds. The van der Waals surface area contributed by atoms with Gasteiger partial charge in [0.05, 0.1) is 0 Å². The number of hydrogen-bond acceptors (Lipinski definition) is 1. The van der Waals surface area contributed by atoms with Crippen molar-refractivity contribution in [2.75, 3.05) is 0 Å². The molecule has 1 saturated carbocycles. The van der Waals surface area contributed by atoms with Gasteiger partial charge in [-0.25, -0.2) is 0 Å². The second kappa shape index (κ2) is 7.93. The fraction of sp³-hybridized carbons (Fsp3) is 0.500. The normalized spacial score (nSPS) is 19.2. The van der Waals surface area contributed by atoms with E-state index in [4.69, 9.17) is 4.99 Å². The average Bonchev–Trinajstić information content (AvgIpc) is 2.47. The maximum atomic E-state index is 4.75. The van der Waals surface area contributed by atoms with Crippen molar-refractivity contribution in [3.63, 3.8) is 0 Å². The summed E-state index contributed by atoms with van der Waals surface area (Å²) in [7, 11) is 0. The second-order valence-corrected chi connectivity index (χ2v) is 5.62. The van der Waals surface area contributed by atoms with E-state index in [2.05, 4.69) is 55.6 Å². The quantitative estimate of drug-likeness (QED) is 0.647. The molecule has 0 saturated heterocycles. The van der Waals surface area contributed by atoms with Crippen LogP contribution in [0.2, 0.25) is 0 Å². The summed E-state index contributed by atoms with van der Waals surface area (Å²) < 4.78 is 0. The highest BCUT2D eigenvalue weighted by molar-refractivity contribution is 5.61. The number of rotatable bonds is 5. The van der Waals surface area contributed by atoms with E-state index in [1.807, 2.05) is 0 Å². The maximum Gasteiger partial charge on any atom is 0.0495 e. The predicted octanol–water partition coefficient (Wildman–Crippen LogP) is 5.13. The van der Waals surface area contributed by atoms with Crippen molar-refractivity contribution in [1.82, 2.24) is 0 Å². The van der Waals surface area contributed by atoms with Crippen LogP contribution in [0.5, 0.6) is 0 Å². The highest BCUT2D eigenvalue weighted by Crippen LogP contribution is 2.20. The van der Waals surface area contributed by atoms with Gasteiger partial charge < -0.3 is 0 Å². The van der Waals surface area contributed by atoms with Gasteiger partial charge in [-0.1, -0.05) is 68.7 Å². The predicted molar refractivity (Wildman–Crippen MR) is 84.6 cm³/mol. The molecule has 0 bridgehead atoms. The summed E-state index contributed by atoms with van der Waals surface area (Å²) in [4.78, 5) is 4.75. The zero-order chi connectivity index (χ0) is 13.3. The number of hydrogen-bond donors (Lipinski definition) is 0. The molecule has 1 aromatic carbocycles. The molecule has 2 rings (SSSR count). The molecule has 1 aliphatic rings. The molecule has 0 heterocycles. The number of allylic oxidation sites excluding steroid dienone is 1. The van der Waals surface area contributed by atoms with Crippen LogP contribution in [-0.4, -0.2) is 12.3 Å². The van der Waals surface area contributed by atoms with Crippen molar-refractivity contribution in [2.24, 2.45) is 10.9 Å². The van der Waals surface area contributed by atoms with Crippen LogP contribution in [0.3, 0.4) is 0 Å². The summed E-state index contributed by atoms with van der Waals surface area (Å²) in [5.74, 6) is 0.543. The summed E-state index contributed by atoms with van der Waals surface area (Å²) in [5.41, 5.74) is 1.28. The first-order valence-electron chi connectivity index (χ1n) is 7.59. The molecular weight excluding hydrogens is 230 g/mol. The van der Waals surface area contributed by atoms with E-state index in [0.717, 1.165) is 6.42 Å². The zero-order valence-electron chi connectivity index (χ0n) is 12.0. The van der Waals surface area contributed by atoms with Gasteiger partial charge in [0, 0.05) is 12.3 Å². The minimum Gasteiger partial charge on any atom is -0.294 e. The summed E-state index contributed by atoms with van der Waals surface area (Å²) >= 11 is 0. The summed E-state index contributed by atoms with van der Waals surface area (Å²) in [5, 5.41) is 0. The number of benzene rings is 1. The molecule has 1 unspecified atom stereocenters. The van der Waals surface area contributed by atoms with Crippen LogP contribution in [0.4, 0.5) is 0 Å². The van der Waals surface area contributed by atoms with Gasteiger partial charge in [0.25, 0.3) is 0 Å². The van der Waals surface area contributed by atoms with Crippen LogP contribution in [0.1, 0.15) is 51.0 Å². The first kappa shape index (κ1) is 14.0. The molecule has 1 aromatic rings. The Labute approximate surface area is 117 Å².